The number of carbonyl (C=O) groups is 2. The first-order valence-corrected chi connectivity index (χ1v) is 7.74. The van der Waals surface area contributed by atoms with E-state index in [9.17, 15) is 9.59 Å². The molecule has 21 heavy (non-hydrogen) atoms. The highest BCUT2D eigenvalue weighted by Crippen LogP contribution is 2.33. The highest BCUT2D eigenvalue weighted by atomic mass is 16.5. The minimum atomic E-state index is -0.153. The van der Waals surface area contributed by atoms with Gasteiger partial charge in [0, 0.05) is 25.3 Å². The molecule has 1 aromatic heterocycles. The molecule has 1 saturated heterocycles. The van der Waals surface area contributed by atoms with Gasteiger partial charge in [0.25, 0.3) is 5.91 Å². The summed E-state index contributed by atoms with van der Waals surface area (Å²) in [6.45, 7) is 1.27. The van der Waals surface area contributed by atoms with E-state index < -0.39 is 0 Å². The summed E-state index contributed by atoms with van der Waals surface area (Å²) in [6.07, 6.45) is 6.99. The molecule has 5 heteroatoms. The second-order valence-corrected chi connectivity index (χ2v) is 5.98. The van der Waals surface area contributed by atoms with E-state index in [1.165, 1.54) is 26.4 Å². The van der Waals surface area contributed by atoms with Crippen LogP contribution >= 0.6 is 0 Å². The highest BCUT2D eigenvalue weighted by molar-refractivity contribution is 5.93. The molecule has 0 unspecified atom stereocenters. The van der Waals surface area contributed by atoms with Crippen molar-refractivity contribution in [2.45, 2.75) is 38.1 Å². The van der Waals surface area contributed by atoms with Crippen LogP contribution in [0.3, 0.4) is 0 Å². The van der Waals surface area contributed by atoms with Crippen molar-refractivity contribution < 1.29 is 14.3 Å². The number of hydrogen-bond acceptors (Lipinski definition) is 3. The molecule has 1 amide bonds. The van der Waals surface area contributed by atoms with Crippen LogP contribution in [0.4, 0.5) is 0 Å². The summed E-state index contributed by atoms with van der Waals surface area (Å²) in [5.41, 5.74) is 0.788. The fraction of sp³-hybridized carbons (Fsp3) is 0.625. The molecule has 0 aromatic carbocycles. The van der Waals surface area contributed by atoms with Gasteiger partial charge in [0.1, 0.15) is 5.69 Å². The van der Waals surface area contributed by atoms with Crippen molar-refractivity contribution in [1.29, 1.82) is 0 Å². The average molecular weight is 290 g/mol. The lowest BCUT2D eigenvalue weighted by atomic mass is 9.92. The number of rotatable bonds is 3. The van der Waals surface area contributed by atoms with E-state index in [-0.39, 0.29) is 17.8 Å². The van der Waals surface area contributed by atoms with Crippen molar-refractivity contribution in [1.82, 2.24) is 9.47 Å². The largest absolute Gasteiger partial charge is 0.469 e. The van der Waals surface area contributed by atoms with Gasteiger partial charge in [-0.25, -0.2) is 0 Å². The van der Waals surface area contributed by atoms with Gasteiger partial charge >= 0.3 is 5.97 Å². The monoisotopic (exact) mass is 290 g/mol. The maximum absolute atomic E-state index is 12.7. The summed E-state index contributed by atoms with van der Waals surface area (Å²) in [4.78, 5) is 26.1. The van der Waals surface area contributed by atoms with Gasteiger partial charge in [0.15, 0.2) is 0 Å². The van der Waals surface area contributed by atoms with Gasteiger partial charge in [0.05, 0.1) is 13.0 Å². The van der Waals surface area contributed by atoms with Crippen molar-refractivity contribution in [3.8, 4) is 0 Å². The third-order valence-corrected chi connectivity index (χ3v) is 4.78. The zero-order valence-electron chi connectivity index (χ0n) is 12.5. The van der Waals surface area contributed by atoms with Gasteiger partial charge in [-0.15, -0.1) is 0 Å². The summed E-state index contributed by atoms with van der Waals surface area (Å²) in [5, 5.41) is 0. The Morgan fingerprint density at radius 1 is 1.19 bits per heavy atom. The number of esters is 1. The predicted octanol–water partition coefficient (Wildman–Crippen LogP) is 2.24. The van der Waals surface area contributed by atoms with Crippen LogP contribution in [-0.4, -0.2) is 41.5 Å². The molecule has 3 rings (SSSR count). The van der Waals surface area contributed by atoms with E-state index in [1.807, 2.05) is 23.2 Å². The van der Waals surface area contributed by atoms with Crippen LogP contribution in [0.1, 0.15) is 48.6 Å². The maximum Gasteiger partial charge on any atom is 0.308 e. The first-order chi connectivity index (χ1) is 10.2. The van der Waals surface area contributed by atoms with E-state index in [0.29, 0.717) is 32.0 Å². The maximum atomic E-state index is 12.7. The summed E-state index contributed by atoms with van der Waals surface area (Å²) >= 11 is 0. The summed E-state index contributed by atoms with van der Waals surface area (Å²) in [6, 6.07) is 4.35. The quantitative estimate of drug-likeness (QED) is 0.802. The Balaban J connectivity index is 1.64. The van der Waals surface area contributed by atoms with Crippen LogP contribution in [0.25, 0.3) is 0 Å². The molecule has 1 aromatic rings. The molecule has 2 heterocycles. The van der Waals surface area contributed by atoms with Crippen LogP contribution in [0.5, 0.6) is 0 Å². The smallest absolute Gasteiger partial charge is 0.308 e. The van der Waals surface area contributed by atoms with Crippen molar-refractivity contribution in [2.24, 2.45) is 5.92 Å². The Labute approximate surface area is 124 Å². The van der Waals surface area contributed by atoms with Gasteiger partial charge < -0.3 is 14.2 Å². The molecule has 114 valence electrons. The highest BCUT2D eigenvalue weighted by Gasteiger charge is 2.30. The Morgan fingerprint density at radius 3 is 2.48 bits per heavy atom. The van der Waals surface area contributed by atoms with Gasteiger partial charge in [0.2, 0.25) is 0 Å². The van der Waals surface area contributed by atoms with Crippen molar-refractivity contribution in [3.63, 3.8) is 0 Å². The molecular formula is C16H22N2O3. The minimum absolute atomic E-state index is 0.0579. The van der Waals surface area contributed by atoms with Gasteiger partial charge in [-0.2, -0.15) is 0 Å². The van der Waals surface area contributed by atoms with Crippen LogP contribution in [0, 0.1) is 5.92 Å². The van der Waals surface area contributed by atoms with E-state index in [4.69, 9.17) is 4.74 Å². The zero-order valence-corrected chi connectivity index (χ0v) is 12.5. The number of nitrogens with zero attached hydrogens (tertiary/aromatic N) is 2. The van der Waals surface area contributed by atoms with Crippen molar-refractivity contribution in [3.05, 3.63) is 24.0 Å². The summed E-state index contributed by atoms with van der Waals surface area (Å²) in [7, 11) is 1.42. The van der Waals surface area contributed by atoms with Gasteiger partial charge in [-0.3, -0.25) is 9.59 Å². The van der Waals surface area contributed by atoms with Crippen molar-refractivity contribution >= 4 is 11.9 Å². The van der Waals surface area contributed by atoms with Crippen LogP contribution in [0.2, 0.25) is 0 Å². The number of carbonyl (C=O) groups excluding carboxylic acids is 2. The minimum Gasteiger partial charge on any atom is -0.469 e. The molecule has 1 saturated carbocycles. The van der Waals surface area contributed by atoms with Crippen molar-refractivity contribution in [2.75, 3.05) is 20.2 Å². The molecule has 2 aliphatic rings. The molecule has 0 spiro atoms. The molecule has 0 atom stereocenters. The molecule has 0 bridgehead atoms. The number of amides is 1. The number of aromatic nitrogens is 1. The average Bonchev–Trinajstić information content (AvgIpc) is 2.93. The van der Waals surface area contributed by atoms with Crippen LogP contribution < -0.4 is 0 Å². The molecule has 1 aliphatic carbocycles. The Morgan fingerprint density at radius 2 is 1.90 bits per heavy atom. The van der Waals surface area contributed by atoms with Crippen LogP contribution in [-0.2, 0) is 9.53 Å². The predicted molar refractivity (Wildman–Crippen MR) is 78.0 cm³/mol. The van der Waals surface area contributed by atoms with Gasteiger partial charge in [-0.05, 0) is 44.2 Å². The zero-order chi connectivity index (χ0) is 14.8. The number of ether oxygens (including phenoxy) is 1. The van der Waals surface area contributed by atoms with Crippen LogP contribution in [0.15, 0.2) is 18.3 Å². The number of hydrogen-bond donors (Lipinski definition) is 0. The number of piperidine rings is 1. The Bertz CT molecular complexity index is 525. The van der Waals surface area contributed by atoms with Gasteiger partial charge in [-0.1, -0.05) is 0 Å². The number of methoxy groups -OCH3 is 1. The summed E-state index contributed by atoms with van der Waals surface area (Å²) in [5.74, 6) is -0.118. The fourth-order valence-electron chi connectivity index (χ4n) is 3.21. The Kier molecular flexibility index (Phi) is 3.99. The third-order valence-electron chi connectivity index (χ3n) is 4.78. The van der Waals surface area contributed by atoms with E-state index in [0.717, 1.165) is 5.69 Å². The van der Waals surface area contributed by atoms with E-state index >= 15 is 0 Å². The molecular weight excluding hydrogens is 268 g/mol. The number of likely N-dealkylation sites (tertiary alicyclic amines) is 1. The standard InChI is InChI=1S/C16H22N2O3/c1-21-16(20)12-7-10-17(11-8-12)15(19)14-6-3-9-18(14)13-4-2-5-13/h3,6,9,12-13H,2,4-5,7-8,10-11H2,1H3. The van der Waals surface area contributed by atoms with E-state index in [1.54, 1.807) is 0 Å². The fourth-order valence-corrected chi connectivity index (χ4v) is 3.21. The molecule has 5 nitrogen and oxygen atoms in total. The summed E-state index contributed by atoms with van der Waals surface area (Å²) < 4.78 is 6.91. The first kappa shape index (κ1) is 14.2. The molecule has 0 N–H and O–H groups in total. The van der Waals surface area contributed by atoms with E-state index in [2.05, 4.69) is 4.57 Å². The lowest BCUT2D eigenvalue weighted by molar-refractivity contribution is -0.146. The third kappa shape index (κ3) is 2.69. The lowest BCUT2D eigenvalue weighted by Gasteiger charge is -2.33. The topological polar surface area (TPSA) is 51.5 Å². The second-order valence-electron chi connectivity index (χ2n) is 5.98. The first-order valence-electron chi connectivity index (χ1n) is 7.74. The normalized spacial score (nSPS) is 20.1. The molecule has 1 aliphatic heterocycles. The lowest BCUT2D eigenvalue weighted by Crippen LogP contribution is -2.41. The second kappa shape index (κ2) is 5.92. The molecule has 0 radical (unpaired) electrons. The molecule has 2 fully saturated rings. The SMILES string of the molecule is COC(=O)C1CCN(C(=O)c2cccn2C2CCC2)CC1. The Hall–Kier alpha value is -1.78.